The molecule has 3 fully saturated rings. The highest BCUT2D eigenvalue weighted by Crippen LogP contribution is 2.35. The van der Waals surface area contributed by atoms with E-state index in [0.717, 1.165) is 18.9 Å². The highest BCUT2D eigenvalue weighted by atomic mass is 19.4. The van der Waals surface area contributed by atoms with Crippen molar-refractivity contribution in [2.45, 2.75) is 56.2 Å². The van der Waals surface area contributed by atoms with Crippen LogP contribution < -0.4 is 0 Å². The molecule has 178 valence electrons. The van der Waals surface area contributed by atoms with Crippen molar-refractivity contribution in [3.63, 3.8) is 0 Å². The summed E-state index contributed by atoms with van der Waals surface area (Å²) in [5, 5.41) is 0. The first kappa shape index (κ1) is 23.5. The second kappa shape index (κ2) is 8.93. The summed E-state index contributed by atoms with van der Waals surface area (Å²) in [6.45, 7) is 5.65. The van der Waals surface area contributed by atoms with Crippen molar-refractivity contribution in [3.05, 3.63) is 35.4 Å². The first-order valence-electron chi connectivity index (χ1n) is 11.1. The predicted molar refractivity (Wildman–Crippen MR) is 111 cm³/mol. The Labute approximate surface area is 186 Å². The zero-order chi connectivity index (χ0) is 23.0. The molecule has 3 saturated heterocycles. The van der Waals surface area contributed by atoms with Crippen molar-refractivity contribution < 1.29 is 32.2 Å². The first-order valence-corrected chi connectivity index (χ1v) is 11.1. The maximum Gasteiger partial charge on any atom is 0.416 e. The number of alkyl halides is 3. The number of piperidine rings is 1. The lowest BCUT2D eigenvalue weighted by atomic mass is 9.92. The van der Waals surface area contributed by atoms with Crippen LogP contribution in [0.15, 0.2) is 24.3 Å². The molecule has 0 bridgehead atoms. The van der Waals surface area contributed by atoms with Crippen molar-refractivity contribution in [1.29, 1.82) is 0 Å². The van der Waals surface area contributed by atoms with Crippen LogP contribution in [0, 0.1) is 0 Å². The Kier molecular flexibility index (Phi) is 6.55. The van der Waals surface area contributed by atoms with E-state index in [-0.39, 0.29) is 11.5 Å². The van der Waals surface area contributed by atoms with Gasteiger partial charge in [-0.2, -0.15) is 13.2 Å². The van der Waals surface area contributed by atoms with Gasteiger partial charge in [0.05, 0.1) is 24.4 Å². The van der Waals surface area contributed by atoms with E-state index in [4.69, 9.17) is 14.2 Å². The van der Waals surface area contributed by atoms with Gasteiger partial charge in [0.2, 0.25) is 0 Å². The molecule has 0 aromatic heterocycles. The molecule has 2 atom stereocenters. The molecule has 1 amide bonds. The van der Waals surface area contributed by atoms with Crippen LogP contribution in [0.2, 0.25) is 0 Å². The average molecular weight is 457 g/mol. The molecule has 1 spiro atoms. The number of ether oxygens (including phenoxy) is 3. The van der Waals surface area contributed by atoms with Gasteiger partial charge in [0.25, 0.3) is 5.91 Å². The Bertz CT molecular complexity index is 826. The summed E-state index contributed by atoms with van der Waals surface area (Å²) < 4.78 is 56.6. The number of amides is 1. The van der Waals surface area contributed by atoms with E-state index in [1.54, 1.807) is 13.2 Å². The third-order valence-electron chi connectivity index (χ3n) is 6.99. The van der Waals surface area contributed by atoms with Gasteiger partial charge >= 0.3 is 6.18 Å². The highest BCUT2D eigenvalue weighted by molar-refractivity contribution is 5.81. The second-order valence-corrected chi connectivity index (χ2v) is 9.42. The lowest BCUT2D eigenvalue weighted by Gasteiger charge is -2.40. The Morgan fingerprint density at radius 3 is 2.69 bits per heavy atom. The molecular formula is C23H31F3N2O4. The normalized spacial score (nSPS) is 28.9. The van der Waals surface area contributed by atoms with Crippen LogP contribution in [0.1, 0.15) is 37.3 Å². The number of nitrogens with zero attached hydrogens (tertiary/aromatic N) is 2. The number of benzene rings is 1. The highest BCUT2D eigenvalue weighted by Gasteiger charge is 2.48. The van der Waals surface area contributed by atoms with E-state index >= 15 is 0 Å². The Balaban J connectivity index is 1.35. The van der Waals surface area contributed by atoms with Gasteiger partial charge in [-0.1, -0.05) is 18.2 Å². The summed E-state index contributed by atoms with van der Waals surface area (Å²) in [5.41, 5.74) is -0.820. The summed E-state index contributed by atoms with van der Waals surface area (Å²) in [4.78, 5) is 16.9. The van der Waals surface area contributed by atoms with Crippen LogP contribution in [0.3, 0.4) is 0 Å². The molecule has 4 rings (SSSR count). The fourth-order valence-corrected chi connectivity index (χ4v) is 4.85. The minimum atomic E-state index is -4.36. The molecular weight excluding hydrogens is 425 g/mol. The molecule has 6 nitrogen and oxygen atoms in total. The molecule has 0 saturated carbocycles. The van der Waals surface area contributed by atoms with E-state index in [1.807, 2.05) is 4.90 Å². The third kappa shape index (κ3) is 5.11. The Hall–Kier alpha value is -1.68. The van der Waals surface area contributed by atoms with Crippen LogP contribution in [-0.4, -0.2) is 79.5 Å². The van der Waals surface area contributed by atoms with Crippen LogP contribution in [0.5, 0.6) is 0 Å². The van der Waals surface area contributed by atoms with Gasteiger partial charge in [-0.25, -0.2) is 0 Å². The van der Waals surface area contributed by atoms with E-state index in [1.165, 1.54) is 12.1 Å². The molecule has 1 aromatic carbocycles. The standard InChI is InChI=1S/C23H31F3N2O4/c1-21(30-2)6-8-28(9-7-21)20(29)19-13-22(16-31-19)15-27(10-11-32-22)14-17-4-3-5-18(12-17)23(24,25)26/h3-5,12,19H,6-11,13-16H2,1-2H3. The van der Waals surface area contributed by atoms with E-state index in [2.05, 4.69) is 11.8 Å². The molecule has 3 aliphatic rings. The quantitative estimate of drug-likeness (QED) is 0.697. The number of hydrogen-bond donors (Lipinski definition) is 0. The molecule has 3 heterocycles. The zero-order valence-corrected chi connectivity index (χ0v) is 18.6. The van der Waals surface area contributed by atoms with Gasteiger partial charge in [0.1, 0.15) is 11.7 Å². The van der Waals surface area contributed by atoms with Crippen LogP contribution >= 0.6 is 0 Å². The van der Waals surface area contributed by atoms with Crippen LogP contribution in [0.4, 0.5) is 13.2 Å². The molecule has 2 unspecified atom stereocenters. The molecule has 0 aliphatic carbocycles. The van der Waals surface area contributed by atoms with Crippen LogP contribution in [-0.2, 0) is 31.7 Å². The number of morpholine rings is 1. The number of methoxy groups -OCH3 is 1. The second-order valence-electron chi connectivity index (χ2n) is 9.42. The van der Waals surface area contributed by atoms with Gasteiger partial charge < -0.3 is 19.1 Å². The van der Waals surface area contributed by atoms with Crippen LogP contribution in [0.25, 0.3) is 0 Å². The summed E-state index contributed by atoms with van der Waals surface area (Å²) in [5.74, 6) is -0.0152. The van der Waals surface area contributed by atoms with E-state index in [0.29, 0.717) is 57.9 Å². The fraction of sp³-hybridized carbons (Fsp3) is 0.696. The average Bonchev–Trinajstić information content (AvgIpc) is 3.16. The summed E-state index contributed by atoms with van der Waals surface area (Å²) >= 11 is 0. The van der Waals surface area contributed by atoms with Crippen molar-refractivity contribution in [2.75, 3.05) is 46.5 Å². The zero-order valence-electron chi connectivity index (χ0n) is 18.6. The van der Waals surface area contributed by atoms with Crippen molar-refractivity contribution in [2.24, 2.45) is 0 Å². The maximum absolute atomic E-state index is 13.0. The third-order valence-corrected chi connectivity index (χ3v) is 6.99. The first-order chi connectivity index (χ1) is 15.1. The largest absolute Gasteiger partial charge is 0.416 e. The lowest BCUT2D eigenvalue weighted by Crippen LogP contribution is -2.53. The number of rotatable bonds is 4. The molecule has 3 aliphatic heterocycles. The number of carbonyl (C=O) groups excluding carboxylic acids is 1. The monoisotopic (exact) mass is 456 g/mol. The fourth-order valence-electron chi connectivity index (χ4n) is 4.85. The summed E-state index contributed by atoms with van der Waals surface area (Å²) in [7, 11) is 1.70. The van der Waals surface area contributed by atoms with Gasteiger partial charge in [0, 0.05) is 46.3 Å². The van der Waals surface area contributed by atoms with Gasteiger partial charge in [-0.15, -0.1) is 0 Å². The van der Waals surface area contributed by atoms with Gasteiger partial charge in [0.15, 0.2) is 0 Å². The van der Waals surface area contributed by atoms with E-state index in [9.17, 15) is 18.0 Å². The molecule has 0 radical (unpaired) electrons. The number of halogens is 3. The Morgan fingerprint density at radius 1 is 1.25 bits per heavy atom. The molecule has 9 heteroatoms. The van der Waals surface area contributed by atoms with Gasteiger partial charge in [-0.05, 0) is 31.4 Å². The minimum absolute atomic E-state index is 0.0152. The molecule has 1 aromatic rings. The summed E-state index contributed by atoms with van der Waals surface area (Å²) in [6.07, 6.45) is -2.87. The van der Waals surface area contributed by atoms with E-state index < -0.39 is 23.4 Å². The number of carbonyl (C=O) groups is 1. The number of likely N-dealkylation sites (tertiary alicyclic amines) is 1. The lowest BCUT2D eigenvalue weighted by molar-refractivity contribution is -0.145. The SMILES string of the molecule is COC1(C)CCN(C(=O)C2CC3(CO2)CN(Cc2cccc(C(F)(F)F)c2)CCO3)CC1. The maximum atomic E-state index is 13.0. The summed E-state index contributed by atoms with van der Waals surface area (Å²) in [6, 6.07) is 5.43. The molecule has 0 N–H and O–H groups in total. The smallest absolute Gasteiger partial charge is 0.378 e. The van der Waals surface area contributed by atoms with Crippen molar-refractivity contribution in [1.82, 2.24) is 9.80 Å². The predicted octanol–water partition coefficient (Wildman–Crippen LogP) is 3.09. The Morgan fingerprint density at radius 2 is 2.00 bits per heavy atom. The number of hydrogen-bond acceptors (Lipinski definition) is 5. The van der Waals surface area contributed by atoms with Crippen molar-refractivity contribution in [3.8, 4) is 0 Å². The molecule has 32 heavy (non-hydrogen) atoms. The van der Waals surface area contributed by atoms with Crippen molar-refractivity contribution >= 4 is 5.91 Å². The minimum Gasteiger partial charge on any atom is -0.378 e. The topological polar surface area (TPSA) is 51.2 Å². The van der Waals surface area contributed by atoms with Gasteiger partial charge in [-0.3, -0.25) is 9.69 Å².